The van der Waals surface area contributed by atoms with Gasteiger partial charge in [0.15, 0.2) is 0 Å². The minimum atomic E-state index is -0.303. The van der Waals surface area contributed by atoms with Gasteiger partial charge >= 0.3 is 6.03 Å². The third kappa shape index (κ3) is 4.50. The molecule has 0 aromatic heterocycles. The molecule has 3 N–H and O–H groups in total. The van der Waals surface area contributed by atoms with Crippen molar-refractivity contribution >= 4 is 17.6 Å². The second kappa shape index (κ2) is 6.08. The van der Waals surface area contributed by atoms with Crippen LogP contribution in [-0.2, 0) is 4.79 Å². The normalized spacial score (nSPS) is 13.5. The van der Waals surface area contributed by atoms with Crippen LogP contribution >= 0.6 is 0 Å². The Morgan fingerprint density at radius 1 is 1.37 bits per heavy atom. The number of benzene rings is 1. The Morgan fingerprint density at radius 3 is 2.84 bits per heavy atom. The van der Waals surface area contributed by atoms with Gasteiger partial charge in [0.05, 0.1) is 13.7 Å². The summed E-state index contributed by atoms with van der Waals surface area (Å²) < 4.78 is 5.05. The Morgan fingerprint density at radius 2 is 2.16 bits per heavy atom. The molecule has 102 valence electrons. The summed E-state index contributed by atoms with van der Waals surface area (Å²) in [5.41, 5.74) is 0.633. The molecule has 0 radical (unpaired) electrons. The summed E-state index contributed by atoms with van der Waals surface area (Å²) in [5.74, 6) is 0.386. The Hall–Kier alpha value is -2.24. The van der Waals surface area contributed by atoms with Crippen LogP contribution in [-0.4, -0.2) is 31.6 Å². The largest absolute Gasteiger partial charge is 0.497 e. The van der Waals surface area contributed by atoms with Gasteiger partial charge in [-0.1, -0.05) is 6.07 Å². The van der Waals surface area contributed by atoms with E-state index in [-0.39, 0.29) is 24.5 Å². The Kier molecular flexibility index (Phi) is 4.22. The zero-order chi connectivity index (χ0) is 13.7. The van der Waals surface area contributed by atoms with E-state index in [1.807, 2.05) is 0 Å². The lowest BCUT2D eigenvalue weighted by atomic mass is 10.3. The van der Waals surface area contributed by atoms with Crippen LogP contribution < -0.4 is 20.7 Å². The van der Waals surface area contributed by atoms with Gasteiger partial charge in [-0.3, -0.25) is 4.79 Å². The molecule has 3 amide bonds. The second-order valence-corrected chi connectivity index (χ2v) is 4.38. The maximum atomic E-state index is 11.6. The molecule has 1 aromatic rings. The van der Waals surface area contributed by atoms with Gasteiger partial charge < -0.3 is 20.7 Å². The topological polar surface area (TPSA) is 79.5 Å². The van der Waals surface area contributed by atoms with Crippen LogP contribution in [0.25, 0.3) is 0 Å². The monoisotopic (exact) mass is 263 g/mol. The average molecular weight is 263 g/mol. The molecule has 0 unspecified atom stereocenters. The minimum absolute atomic E-state index is 0.0598. The number of urea groups is 1. The molecule has 0 aliphatic heterocycles. The fourth-order valence-electron chi connectivity index (χ4n) is 1.53. The molecule has 1 saturated carbocycles. The van der Waals surface area contributed by atoms with E-state index in [1.54, 1.807) is 31.4 Å². The number of hydrogen-bond donors (Lipinski definition) is 3. The molecule has 0 atom stereocenters. The molecule has 19 heavy (non-hydrogen) atoms. The first-order valence-electron chi connectivity index (χ1n) is 6.15. The van der Waals surface area contributed by atoms with E-state index < -0.39 is 0 Å². The zero-order valence-corrected chi connectivity index (χ0v) is 10.7. The first-order chi connectivity index (χ1) is 9.17. The average Bonchev–Trinajstić information content (AvgIpc) is 3.20. The van der Waals surface area contributed by atoms with Crippen LogP contribution in [0.3, 0.4) is 0 Å². The highest BCUT2D eigenvalue weighted by Gasteiger charge is 2.23. The van der Waals surface area contributed by atoms with Crippen LogP contribution in [0.4, 0.5) is 10.5 Å². The summed E-state index contributed by atoms with van der Waals surface area (Å²) in [7, 11) is 1.56. The van der Waals surface area contributed by atoms with E-state index in [2.05, 4.69) is 16.0 Å². The predicted octanol–water partition coefficient (Wildman–Crippen LogP) is 1.10. The lowest BCUT2D eigenvalue weighted by molar-refractivity contribution is -0.115. The molecule has 6 heteroatoms. The molecule has 6 nitrogen and oxygen atoms in total. The Bertz CT molecular complexity index is 472. The molecule has 0 spiro atoms. The molecule has 1 aliphatic rings. The summed E-state index contributed by atoms with van der Waals surface area (Å²) in [6.07, 6.45) is 2.03. The number of nitrogens with one attached hydrogen (secondary N) is 3. The van der Waals surface area contributed by atoms with Crippen LogP contribution in [0, 0.1) is 0 Å². The minimum Gasteiger partial charge on any atom is -0.497 e. The fourth-order valence-corrected chi connectivity index (χ4v) is 1.53. The lowest BCUT2D eigenvalue weighted by Crippen LogP contribution is -2.40. The maximum absolute atomic E-state index is 11.6. The van der Waals surface area contributed by atoms with Gasteiger partial charge in [-0.05, 0) is 25.0 Å². The molecular formula is C13H17N3O3. The number of carbonyl (C=O) groups is 2. The smallest absolute Gasteiger partial charge is 0.315 e. The van der Waals surface area contributed by atoms with Gasteiger partial charge in [-0.15, -0.1) is 0 Å². The van der Waals surface area contributed by atoms with Crippen LogP contribution in [0.2, 0.25) is 0 Å². The highest BCUT2D eigenvalue weighted by molar-refractivity contribution is 5.94. The summed E-state index contributed by atoms with van der Waals surface area (Å²) in [5, 5.41) is 7.93. The van der Waals surface area contributed by atoms with Crippen LogP contribution in [0.15, 0.2) is 24.3 Å². The van der Waals surface area contributed by atoms with E-state index in [0.717, 1.165) is 12.8 Å². The van der Waals surface area contributed by atoms with Crippen LogP contribution in [0.1, 0.15) is 12.8 Å². The van der Waals surface area contributed by atoms with Crippen molar-refractivity contribution in [1.82, 2.24) is 10.6 Å². The van der Waals surface area contributed by atoms with E-state index >= 15 is 0 Å². The van der Waals surface area contributed by atoms with Gasteiger partial charge in [-0.2, -0.15) is 0 Å². The van der Waals surface area contributed by atoms with Gasteiger partial charge in [-0.25, -0.2) is 4.79 Å². The molecule has 0 saturated heterocycles. The lowest BCUT2D eigenvalue weighted by Gasteiger charge is -2.08. The number of hydrogen-bond acceptors (Lipinski definition) is 3. The third-order valence-corrected chi connectivity index (χ3v) is 2.68. The highest BCUT2D eigenvalue weighted by atomic mass is 16.5. The second-order valence-electron chi connectivity index (χ2n) is 4.38. The molecular weight excluding hydrogens is 246 g/mol. The first kappa shape index (κ1) is 13.2. The van der Waals surface area contributed by atoms with E-state index in [0.29, 0.717) is 11.4 Å². The van der Waals surface area contributed by atoms with Gasteiger partial charge in [0.25, 0.3) is 0 Å². The van der Waals surface area contributed by atoms with E-state index in [4.69, 9.17) is 4.74 Å². The van der Waals surface area contributed by atoms with Gasteiger partial charge in [0.2, 0.25) is 5.91 Å². The summed E-state index contributed by atoms with van der Waals surface area (Å²) in [6.45, 7) is -0.0598. The van der Waals surface area contributed by atoms with E-state index in [9.17, 15) is 9.59 Å². The molecule has 1 aliphatic carbocycles. The summed E-state index contributed by atoms with van der Waals surface area (Å²) >= 11 is 0. The van der Waals surface area contributed by atoms with Crippen molar-refractivity contribution in [1.29, 1.82) is 0 Å². The van der Waals surface area contributed by atoms with Crippen molar-refractivity contribution in [3.8, 4) is 5.75 Å². The predicted molar refractivity (Wildman–Crippen MR) is 71.2 cm³/mol. The highest BCUT2D eigenvalue weighted by Crippen LogP contribution is 2.18. The van der Waals surface area contributed by atoms with Gasteiger partial charge in [0, 0.05) is 17.8 Å². The number of methoxy groups -OCH3 is 1. The Balaban J connectivity index is 1.74. The Labute approximate surface area is 111 Å². The van der Waals surface area contributed by atoms with E-state index in [1.165, 1.54) is 0 Å². The van der Waals surface area contributed by atoms with Crippen molar-refractivity contribution in [3.05, 3.63) is 24.3 Å². The maximum Gasteiger partial charge on any atom is 0.315 e. The van der Waals surface area contributed by atoms with Gasteiger partial charge in [0.1, 0.15) is 5.75 Å². The van der Waals surface area contributed by atoms with Crippen molar-refractivity contribution in [3.63, 3.8) is 0 Å². The van der Waals surface area contributed by atoms with Crippen molar-refractivity contribution < 1.29 is 14.3 Å². The zero-order valence-electron chi connectivity index (χ0n) is 10.7. The van der Waals surface area contributed by atoms with Crippen LogP contribution in [0.5, 0.6) is 5.75 Å². The molecule has 1 fully saturated rings. The first-order valence-corrected chi connectivity index (χ1v) is 6.15. The number of anilines is 1. The van der Waals surface area contributed by atoms with Crippen molar-refractivity contribution in [2.45, 2.75) is 18.9 Å². The van der Waals surface area contributed by atoms with Crippen molar-refractivity contribution in [2.24, 2.45) is 0 Å². The summed E-state index contributed by atoms with van der Waals surface area (Å²) in [4.78, 5) is 23.0. The number of ether oxygens (including phenoxy) is 1. The number of amides is 3. The SMILES string of the molecule is COc1cccc(NC(=O)CNC(=O)NC2CC2)c1. The molecule has 0 heterocycles. The summed E-state index contributed by atoms with van der Waals surface area (Å²) in [6, 6.07) is 7.01. The molecule has 2 rings (SSSR count). The fraction of sp³-hybridized carbons (Fsp3) is 0.385. The third-order valence-electron chi connectivity index (χ3n) is 2.68. The molecule has 1 aromatic carbocycles. The standard InChI is InChI=1S/C13H17N3O3/c1-19-11-4-2-3-10(7-11)15-12(17)8-14-13(18)16-9-5-6-9/h2-4,7,9H,5-6,8H2,1H3,(H,15,17)(H2,14,16,18). The number of rotatable bonds is 5. The quantitative estimate of drug-likeness (QED) is 0.744. The number of carbonyl (C=O) groups excluding carboxylic acids is 2. The molecule has 0 bridgehead atoms. The van der Waals surface area contributed by atoms with Crippen molar-refractivity contribution in [2.75, 3.05) is 19.0 Å².